The fourth-order valence-corrected chi connectivity index (χ4v) is 1.24. The molecule has 0 unspecified atom stereocenters. The molecule has 0 aromatic carbocycles. The Balaban J connectivity index is 2.32. The number of halogens is 1. The lowest BCUT2D eigenvalue weighted by Gasteiger charge is -1.99. The molecule has 1 rings (SSSR count). The van der Waals surface area contributed by atoms with Crippen molar-refractivity contribution in [3.05, 3.63) is 5.15 Å². The predicted molar refractivity (Wildman–Crippen MR) is 45.3 cm³/mol. The van der Waals surface area contributed by atoms with Crippen molar-refractivity contribution in [2.24, 2.45) is 0 Å². The van der Waals surface area contributed by atoms with Crippen molar-refractivity contribution in [1.29, 1.82) is 0 Å². The second-order valence-electron chi connectivity index (χ2n) is 1.82. The molecule has 0 fully saturated rings. The summed E-state index contributed by atoms with van der Waals surface area (Å²) in [6.45, 7) is 1.33. The van der Waals surface area contributed by atoms with E-state index in [1.54, 1.807) is 7.11 Å². The molecule has 0 radical (unpaired) electrons. The Kier molecular flexibility index (Phi) is 3.55. The van der Waals surface area contributed by atoms with E-state index in [-0.39, 0.29) is 0 Å². The molecule has 62 valence electrons. The summed E-state index contributed by atoms with van der Waals surface area (Å²) in [5, 5.41) is 3.40. The van der Waals surface area contributed by atoms with Crippen LogP contribution in [-0.2, 0) is 4.74 Å². The number of aromatic nitrogens is 2. The summed E-state index contributed by atoms with van der Waals surface area (Å²) in [4.78, 5) is 0. The zero-order chi connectivity index (χ0) is 8.10. The van der Waals surface area contributed by atoms with Crippen molar-refractivity contribution in [3.63, 3.8) is 0 Å². The Morgan fingerprint density at radius 1 is 1.64 bits per heavy atom. The van der Waals surface area contributed by atoms with Crippen LogP contribution in [0.4, 0.5) is 5.82 Å². The smallest absolute Gasteiger partial charge is 0.186 e. The van der Waals surface area contributed by atoms with Crippen LogP contribution in [0.25, 0.3) is 0 Å². The zero-order valence-corrected chi connectivity index (χ0v) is 7.58. The van der Waals surface area contributed by atoms with Gasteiger partial charge in [0.05, 0.1) is 18.3 Å². The van der Waals surface area contributed by atoms with E-state index < -0.39 is 0 Å². The number of ether oxygens (including phenoxy) is 1. The van der Waals surface area contributed by atoms with Gasteiger partial charge in [-0.2, -0.15) is 8.75 Å². The van der Waals surface area contributed by atoms with Crippen molar-refractivity contribution in [2.45, 2.75) is 0 Å². The quantitative estimate of drug-likeness (QED) is 0.732. The number of hydrogen-bond donors (Lipinski definition) is 1. The van der Waals surface area contributed by atoms with E-state index in [9.17, 15) is 0 Å². The molecule has 0 saturated heterocycles. The third kappa shape index (κ3) is 2.61. The Hall–Kier alpha value is -0.390. The van der Waals surface area contributed by atoms with Gasteiger partial charge >= 0.3 is 0 Å². The van der Waals surface area contributed by atoms with E-state index in [0.717, 1.165) is 11.7 Å². The highest BCUT2D eigenvalue weighted by molar-refractivity contribution is 6.99. The summed E-state index contributed by atoms with van der Waals surface area (Å²) in [5.41, 5.74) is 0. The van der Waals surface area contributed by atoms with Gasteiger partial charge in [0.1, 0.15) is 0 Å². The molecule has 1 N–H and O–H groups in total. The topological polar surface area (TPSA) is 47.0 Å². The van der Waals surface area contributed by atoms with E-state index in [0.29, 0.717) is 24.1 Å². The Morgan fingerprint density at radius 3 is 3.00 bits per heavy atom. The van der Waals surface area contributed by atoms with Gasteiger partial charge in [0, 0.05) is 13.7 Å². The number of nitrogens with one attached hydrogen (secondary N) is 1. The van der Waals surface area contributed by atoms with Gasteiger partial charge in [0.15, 0.2) is 11.0 Å². The second kappa shape index (κ2) is 4.48. The van der Waals surface area contributed by atoms with Gasteiger partial charge in [-0.3, -0.25) is 0 Å². The first kappa shape index (κ1) is 8.70. The first-order valence-electron chi connectivity index (χ1n) is 3.05. The van der Waals surface area contributed by atoms with Gasteiger partial charge in [0.25, 0.3) is 0 Å². The van der Waals surface area contributed by atoms with Crippen LogP contribution in [-0.4, -0.2) is 29.0 Å². The highest BCUT2D eigenvalue weighted by Gasteiger charge is 2.02. The molecule has 11 heavy (non-hydrogen) atoms. The predicted octanol–water partition coefficient (Wildman–Crippen LogP) is 1.25. The van der Waals surface area contributed by atoms with Gasteiger partial charge in [-0.05, 0) is 0 Å². The molecule has 0 saturated carbocycles. The summed E-state index contributed by atoms with van der Waals surface area (Å²) in [7, 11) is 1.64. The standard InChI is InChI=1S/C5H8ClN3OS/c1-10-3-2-7-5-4(6)8-11-9-5/h2-3H2,1H3,(H,7,9). The Labute approximate surface area is 73.9 Å². The van der Waals surface area contributed by atoms with Gasteiger partial charge in [-0.15, -0.1) is 0 Å². The molecule has 6 heteroatoms. The maximum absolute atomic E-state index is 5.65. The van der Waals surface area contributed by atoms with Crippen molar-refractivity contribution >= 4 is 29.1 Å². The molecule has 1 aromatic heterocycles. The number of methoxy groups -OCH3 is 1. The minimum atomic E-state index is 0.422. The van der Waals surface area contributed by atoms with E-state index in [4.69, 9.17) is 16.3 Å². The molecule has 0 atom stereocenters. The average Bonchev–Trinajstić information content (AvgIpc) is 2.37. The van der Waals surface area contributed by atoms with Gasteiger partial charge in [-0.25, -0.2) is 0 Å². The minimum Gasteiger partial charge on any atom is -0.383 e. The third-order valence-electron chi connectivity index (χ3n) is 1.05. The number of hydrogen-bond acceptors (Lipinski definition) is 5. The molecule has 0 amide bonds. The maximum atomic E-state index is 5.65. The van der Waals surface area contributed by atoms with Crippen LogP contribution < -0.4 is 5.32 Å². The molecular weight excluding hydrogens is 186 g/mol. The van der Waals surface area contributed by atoms with Crippen molar-refractivity contribution in [1.82, 2.24) is 8.75 Å². The zero-order valence-electron chi connectivity index (χ0n) is 6.00. The van der Waals surface area contributed by atoms with Crippen LogP contribution in [0.1, 0.15) is 0 Å². The third-order valence-corrected chi connectivity index (χ3v) is 1.94. The van der Waals surface area contributed by atoms with Crippen molar-refractivity contribution in [3.8, 4) is 0 Å². The van der Waals surface area contributed by atoms with E-state index in [1.165, 1.54) is 0 Å². The monoisotopic (exact) mass is 193 g/mol. The van der Waals surface area contributed by atoms with E-state index in [2.05, 4.69) is 14.1 Å². The van der Waals surface area contributed by atoms with E-state index in [1.807, 2.05) is 0 Å². The van der Waals surface area contributed by atoms with Gasteiger partial charge < -0.3 is 10.1 Å². The maximum Gasteiger partial charge on any atom is 0.186 e. The van der Waals surface area contributed by atoms with Gasteiger partial charge in [-0.1, -0.05) is 11.6 Å². The highest BCUT2D eigenvalue weighted by Crippen LogP contribution is 2.16. The van der Waals surface area contributed by atoms with Gasteiger partial charge in [0.2, 0.25) is 0 Å². The van der Waals surface area contributed by atoms with Crippen LogP contribution in [0.3, 0.4) is 0 Å². The van der Waals surface area contributed by atoms with Crippen LogP contribution in [0.2, 0.25) is 5.15 Å². The molecule has 0 aliphatic rings. The average molecular weight is 194 g/mol. The normalized spacial score (nSPS) is 10.0. The summed E-state index contributed by atoms with van der Waals surface area (Å²) in [6, 6.07) is 0. The number of anilines is 1. The summed E-state index contributed by atoms with van der Waals surface area (Å²) in [5.74, 6) is 0.633. The lowest BCUT2D eigenvalue weighted by Crippen LogP contribution is -2.07. The van der Waals surface area contributed by atoms with Crippen LogP contribution >= 0.6 is 23.3 Å². The summed E-state index contributed by atoms with van der Waals surface area (Å²) < 4.78 is 12.5. The molecule has 1 heterocycles. The highest BCUT2D eigenvalue weighted by atomic mass is 35.5. The molecule has 0 aliphatic heterocycles. The Morgan fingerprint density at radius 2 is 2.45 bits per heavy atom. The fourth-order valence-electron chi connectivity index (χ4n) is 0.555. The molecule has 0 bridgehead atoms. The largest absolute Gasteiger partial charge is 0.383 e. The lowest BCUT2D eigenvalue weighted by atomic mass is 10.6. The molecule has 1 aromatic rings. The first-order valence-corrected chi connectivity index (χ1v) is 4.16. The lowest BCUT2D eigenvalue weighted by molar-refractivity contribution is 0.210. The molecular formula is C5H8ClN3OS. The second-order valence-corrected chi connectivity index (χ2v) is 2.71. The van der Waals surface area contributed by atoms with Crippen molar-refractivity contribution < 1.29 is 4.74 Å². The SMILES string of the molecule is COCCNc1nsnc1Cl. The number of nitrogens with zero attached hydrogens (tertiary/aromatic N) is 2. The Bertz CT molecular complexity index is 217. The summed E-state index contributed by atoms with van der Waals surface area (Å²) >= 11 is 6.74. The van der Waals surface area contributed by atoms with E-state index >= 15 is 0 Å². The first-order chi connectivity index (χ1) is 5.34. The minimum absolute atomic E-state index is 0.422. The van der Waals surface area contributed by atoms with Crippen LogP contribution in [0, 0.1) is 0 Å². The van der Waals surface area contributed by atoms with Crippen LogP contribution in [0.5, 0.6) is 0 Å². The molecule has 4 nitrogen and oxygen atoms in total. The van der Waals surface area contributed by atoms with Crippen molar-refractivity contribution in [2.75, 3.05) is 25.6 Å². The fraction of sp³-hybridized carbons (Fsp3) is 0.600. The number of rotatable bonds is 4. The molecule has 0 aliphatic carbocycles. The van der Waals surface area contributed by atoms with Crippen LogP contribution in [0.15, 0.2) is 0 Å². The summed E-state index contributed by atoms with van der Waals surface area (Å²) in [6.07, 6.45) is 0. The molecule has 0 spiro atoms.